The zero-order valence-corrected chi connectivity index (χ0v) is 12.9. The highest BCUT2D eigenvalue weighted by atomic mass is 16.5. The number of hydrogen-bond acceptors (Lipinski definition) is 3. The van der Waals surface area contributed by atoms with Crippen LogP contribution in [0.5, 0.6) is 5.75 Å². The summed E-state index contributed by atoms with van der Waals surface area (Å²) in [7, 11) is 0. The molecule has 0 unspecified atom stereocenters. The standard InChI is InChI=1S/C17H26N2O2/c1-2-13-21-16-6-3-14(4-7-16)5-8-17(20)19-15-9-11-18-12-10-15/h3-4,6-7,15,18H,2,5,8-13H2,1H3,(H,19,20). The number of rotatable bonds is 7. The van der Waals surface area contributed by atoms with Crippen LogP contribution >= 0.6 is 0 Å². The number of benzene rings is 1. The van der Waals surface area contributed by atoms with Gasteiger partial charge >= 0.3 is 0 Å². The first-order valence-electron chi connectivity index (χ1n) is 7.99. The number of amides is 1. The summed E-state index contributed by atoms with van der Waals surface area (Å²) in [6.07, 6.45) is 4.42. The monoisotopic (exact) mass is 290 g/mol. The van der Waals surface area contributed by atoms with Crippen LogP contribution in [-0.2, 0) is 11.2 Å². The fraction of sp³-hybridized carbons (Fsp3) is 0.588. The molecular formula is C17H26N2O2. The molecule has 1 aliphatic rings. The molecule has 1 aromatic rings. The van der Waals surface area contributed by atoms with Crippen molar-refractivity contribution in [2.75, 3.05) is 19.7 Å². The van der Waals surface area contributed by atoms with Gasteiger partial charge in [-0.25, -0.2) is 0 Å². The van der Waals surface area contributed by atoms with E-state index in [2.05, 4.69) is 17.6 Å². The van der Waals surface area contributed by atoms with Crippen LogP contribution in [0, 0.1) is 0 Å². The Morgan fingerprint density at radius 3 is 2.67 bits per heavy atom. The van der Waals surface area contributed by atoms with Gasteiger partial charge in [0, 0.05) is 12.5 Å². The van der Waals surface area contributed by atoms with Gasteiger partial charge in [-0.15, -0.1) is 0 Å². The van der Waals surface area contributed by atoms with Crippen molar-refractivity contribution in [3.8, 4) is 5.75 Å². The number of nitrogens with one attached hydrogen (secondary N) is 2. The third-order valence-electron chi connectivity index (χ3n) is 3.74. The van der Waals surface area contributed by atoms with E-state index in [1.165, 1.54) is 5.56 Å². The summed E-state index contributed by atoms with van der Waals surface area (Å²) >= 11 is 0. The van der Waals surface area contributed by atoms with Gasteiger partial charge in [-0.2, -0.15) is 0 Å². The fourth-order valence-corrected chi connectivity index (χ4v) is 2.50. The lowest BCUT2D eigenvalue weighted by Gasteiger charge is -2.23. The predicted molar refractivity (Wildman–Crippen MR) is 84.6 cm³/mol. The van der Waals surface area contributed by atoms with Gasteiger partial charge in [-0.3, -0.25) is 4.79 Å². The lowest BCUT2D eigenvalue weighted by Crippen LogP contribution is -2.42. The van der Waals surface area contributed by atoms with E-state index in [0.717, 1.165) is 51.1 Å². The van der Waals surface area contributed by atoms with Crippen molar-refractivity contribution in [2.45, 2.75) is 45.1 Å². The molecule has 0 radical (unpaired) electrons. The summed E-state index contributed by atoms with van der Waals surface area (Å²) in [4.78, 5) is 11.9. The molecule has 4 nitrogen and oxygen atoms in total. The molecule has 1 amide bonds. The van der Waals surface area contributed by atoms with E-state index in [9.17, 15) is 4.79 Å². The fourth-order valence-electron chi connectivity index (χ4n) is 2.50. The van der Waals surface area contributed by atoms with E-state index in [1.807, 2.05) is 24.3 Å². The number of ether oxygens (including phenoxy) is 1. The minimum atomic E-state index is 0.160. The Kier molecular flexibility index (Phi) is 6.54. The summed E-state index contributed by atoms with van der Waals surface area (Å²) in [5.74, 6) is 1.06. The topological polar surface area (TPSA) is 50.4 Å². The van der Waals surface area contributed by atoms with Crippen LogP contribution in [0.3, 0.4) is 0 Å². The second kappa shape index (κ2) is 8.67. The smallest absolute Gasteiger partial charge is 0.220 e. The van der Waals surface area contributed by atoms with Crippen LogP contribution < -0.4 is 15.4 Å². The average Bonchev–Trinajstić information content (AvgIpc) is 2.53. The summed E-state index contributed by atoms with van der Waals surface area (Å²) in [5, 5.41) is 6.43. The zero-order chi connectivity index (χ0) is 14.9. The van der Waals surface area contributed by atoms with Gasteiger partial charge in [0.1, 0.15) is 5.75 Å². The van der Waals surface area contributed by atoms with Crippen molar-refractivity contribution in [2.24, 2.45) is 0 Å². The van der Waals surface area contributed by atoms with Gasteiger partial charge in [-0.05, 0) is 56.5 Å². The Morgan fingerprint density at radius 1 is 1.29 bits per heavy atom. The van der Waals surface area contributed by atoms with Crippen molar-refractivity contribution in [1.29, 1.82) is 0 Å². The Hall–Kier alpha value is -1.55. The number of carbonyl (C=O) groups is 1. The highest BCUT2D eigenvalue weighted by Gasteiger charge is 2.14. The molecule has 21 heavy (non-hydrogen) atoms. The molecule has 4 heteroatoms. The van der Waals surface area contributed by atoms with Crippen molar-refractivity contribution >= 4 is 5.91 Å². The van der Waals surface area contributed by atoms with Crippen molar-refractivity contribution in [3.63, 3.8) is 0 Å². The van der Waals surface area contributed by atoms with Gasteiger partial charge in [0.05, 0.1) is 6.61 Å². The SMILES string of the molecule is CCCOc1ccc(CCC(=O)NC2CCNCC2)cc1. The minimum Gasteiger partial charge on any atom is -0.494 e. The maximum absolute atomic E-state index is 11.9. The quantitative estimate of drug-likeness (QED) is 0.810. The Labute approximate surface area is 127 Å². The number of carbonyl (C=O) groups excluding carboxylic acids is 1. The van der Waals surface area contributed by atoms with Crippen LogP contribution in [0.2, 0.25) is 0 Å². The van der Waals surface area contributed by atoms with Crippen LogP contribution in [0.4, 0.5) is 0 Å². The molecule has 0 saturated carbocycles. The van der Waals surface area contributed by atoms with Crippen LogP contribution in [0.1, 0.15) is 38.2 Å². The third-order valence-corrected chi connectivity index (χ3v) is 3.74. The maximum Gasteiger partial charge on any atom is 0.220 e. The molecule has 0 aliphatic carbocycles. The molecule has 116 valence electrons. The summed E-state index contributed by atoms with van der Waals surface area (Å²) in [6.45, 7) is 4.85. The molecule has 2 N–H and O–H groups in total. The third kappa shape index (κ3) is 5.76. The van der Waals surface area contributed by atoms with E-state index >= 15 is 0 Å². The van der Waals surface area contributed by atoms with Crippen LogP contribution in [-0.4, -0.2) is 31.6 Å². The van der Waals surface area contributed by atoms with Gasteiger partial charge in [0.2, 0.25) is 5.91 Å². The van der Waals surface area contributed by atoms with Gasteiger partial charge in [0.15, 0.2) is 0 Å². The van der Waals surface area contributed by atoms with Crippen molar-refractivity contribution < 1.29 is 9.53 Å². The lowest BCUT2D eigenvalue weighted by atomic mass is 10.1. The first-order valence-corrected chi connectivity index (χ1v) is 7.99. The highest BCUT2D eigenvalue weighted by molar-refractivity contribution is 5.76. The average molecular weight is 290 g/mol. The Bertz CT molecular complexity index is 425. The molecule has 0 spiro atoms. The second-order valence-corrected chi connectivity index (χ2v) is 5.58. The maximum atomic E-state index is 11.9. The Balaban J connectivity index is 1.70. The van der Waals surface area contributed by atoms with Gasteiger partial charge < -0.3 is 15.4 Å². The molecule has 0 bridgehead atoms. The number of hydrogen-bond donors (Lipinski definition) is 2. The van der Waals surface area contributed by atoms with Gasteiger partial charge in [-0.1, -0.05) is 19.1 Å². The minimum absolute atomic E-state index is 0.160. The van der Waals surface area contributed by atoms with E-state index in [0.29, 0.717) is 12.5 Å². The molecule has 1 saturated heterocycles. The summed E-state index contributed by atoms with van der Waals surface area (Å²) < 4.78 is 5.55. The second-order valence-electron chi connectivity index (χ2n) is 5.58. The van der Waals surface area contributed by atoms with Crippen molar-refractivity contribution in [1.82, 2.24) is 10.6 Å². The molecule has 1 heterocycles. The molecule has 1 aromatic carbocycles. The normalized spacial score (nSPS) is 15.7. The van der Waals surface area contributed by atoms with Gasteiger partial charge in [0.25, 0.3) is 0 Å². The van der Waals surface area contributed by atoms with E-state index in [4.69, 9.17) is 4.74 Å². The summed E-state index contributed by atoms with van der Waals surface area (Å²) in [5.41, 5.74) is 1.18. The largest absolute Gasteiger partial charge is 0.494 e. The first kappa shape index (κ1) is 15.8. The summed E-state index contributed by atoms with van der Waals surface area (Å²) in [6, 6.07) is 8.40. The van der Waals surface area contributed by atoms with Crippen molar-refractivity contribution in [3.05, 3.63) is 29.8 Å². The molecule has 0 aromatic heterocycles. The molecule has 1 aliphatic heterocycles. The van der Waals surface area contributed by atoms with E-state index < -0.39 is 0 Å². The lowest BCUT2D eigenvalue weighted by molar-refractivity contribution is -0.121. The highest BCUT2D eigenvalue weighted by Crippen LogP contribution is 2.13. The Morgan fingerprint density at radius 2 is 2.00 bits per heavy atom. The molecule has 1 fully saturated rings. The zero-order valence-electron chi connectivity index (χ0n) is 12.9. The predicted octanol–water partition coefficient (Wildman–Crippen LogP) is 2.28. The first-order chi connectivity index (χ1) is 10.3. The molecule has 2 rings (SSSR count). The molecule has 0 atom stereocenters. The molecular weight excluding hydrogens is 264 g/mol. The van der Waals surface area contributed by atoms with E-state index in [-0.39, 0.29) is 5.91 Å². The van der Waals surface area contributed by atoms with Crippen LogP contribution in [0.15, 0.2) is 24.3 Å². The van der Waals surface area contributed by atoms with Crippen LogP contribution in [0.25, 0.3) is 0 Å². The number of aryl methyl sites for hydroxylation is 1. The number of piperidine rings is 1. The van der Waals surface area contributed by atoms with E-state index in [1.54, 1.807) is 0 Å².